The van der Waals surface area contributed by atoms with E-state index in [2.05, 4.69) is 30.7 Å². The minimum Gasteiger partial charge on any atom is -0.294 e. The molecule has 0 radical (unpaired) electrons. The van der Waals surface area contributed by atoms with Crippen LogP contribution in [0.15, 0.2) is 18.3 Å². The fourth-order valence-corrected chi connectivity index (χ4v) is 2.81. The second-order valence-corrected chi connectivity index (χ2v) is 7.20. The third-order valence-electron chi connectivity index (χ3n) is 4.20. The average Bonchev–Trinajstić information content (AvgIpc) is 2.53. The van der Waals surface area contributed by atoms with E-state index in [0.29, 0.717) is 19.5 Å². The Balaban J connectivity index is 1.80. The SMILES string of the molecule is CC(C)(C)c1ncc2c(n1)CCN(Cc1c(F)ccc(F)c1F)C2. The molecule has 2 aromatic rings. The monoisotopic (exact) mass is 335 g/mol. The lowest BCUT2D eigenvalue weighted by Crippen LogP contribution is -2.32. The van der Waals surface area contributed by atoms with Crippen molar-refractivity contribution in [3.63, 3.8) is 0 Å². The fourth-order valence-electron chi connectivity index (χ4n) is 2.81. The van der Waals surface area contributed by atoms with Gasteiger partial charge in [0.2, 0.25) is 0 Å². The van der Waals surface area contributed by atoms with Crippen molar-refractivity contribution in [1.82, 2.24) is 14.9 Å². The first-order valence-corrected chi connectivity index (χ1v) is 7.95. The summed E-state index contributed by atoms with van der Waals surface area (Å²) in [5.41, 5.74) is 1.57. The van der Waals surface area contributed by atoms with Crippen molar-refractivity contribution in [2.24, 2.45) is 0 Å². The molecule has 0 unspecified atom stereocenters. The molecule has 0 atom stereocenters. The Kier molecular flexibility index (Phi) is 4.34. The van der Waals surface area contributed by atoms with Gasteiger partial charge in [-0.25, -0.2) is 23.1 Å². The maximum atomic E-state index is 13.8. The molecule has 1 aromatic heterocycles. The summed E-state index contributed by atoms with van der Waals surface area (Å²) in [6, 6.07) is 1.77. The summed E-state index contributed by atoms with van der Waals surface area (Å²) >= 11 is 0. The molecule has 6 heteroatoms. The zero-order valence-electron chi connectivity index (χ0n) is 14.0. The van der Waals surface area contributed by atoms with E-state index in [4.69, 9.17) is 0 Å². The van der Waals surface area contributed by atoms with Gasteiger partial charge in [0.05, 0.1) is 0 Å². The number of fused-ring (bicyclic) bond motifs is 1. The van der Waals surface area contributed by atoms with Crippen LogP contribution in [-0.2, 0) is 24.9 Å². The summed E-state index contributed by atoms with van der Waals surface area (Å²) in [4.78, 5) is 10.9. The quantitative estimate of drug-likeness (QED) is 0.783. The van der Waals surface area contributed by atoms with Gasteiger partial charge in [0.1, 0.15) is 11.6 Å². The van der Waals surface area contributed by atoms with Crippen LogP contribution < -0.4 is 0 Å². The van der Waals surface area contributed by atoms with Crippen LogP contribution in [0, 0.1) is 17.5 Å². The molecule has 3 rings (SSSR count). The molecule has 0 fully saturated rings. The van der Waals surface area contributed by atoms with Crippen molar-refractivity contribution in [2.45, 2.75) is 45.7 Å². The minimum atomic E-state index is -1.11. The molecule has 2 heterocycles. The van der Waals surface area contributed by atoms with Crippen LogP contribution >= 0.6 is 0 Å². The molecule has 0 amide bonds. The number of aromatic nitrogens is 2. The predicted molar refractivity (Wildman–Crippen MR) is 84.9 cm³/mol. The topological polar surface area (TPSA) is 29.0 Å². The summed E-state index contributed by atoms with van der Waals surface area (Å²) in [5.74, 6) is -2.07. The number of benzene rings is 1. The summed E-state index contributed by atoms with van der Waals surface area (Å²) in [7, 11) is 0. The van der Waals surface area contributed by atoms with Crippen LogP contribution in [0.2, 0.25) is 0 Å². The standard InChI is InChI=1S/C18H20F3N3/c1-18(2,3)17-22-8-11-9-24(7-6-15(11)23-17)10-12-13(19)4-5-14(20)16(12)21/h4-5,8H,6-7,9-10H2,1-3H3. The molecule has 1 aliphatic rings. The normalized spacial score (nSPS) is 15.4. The first-order chi connectivity index (χ1) is 11.3. The van der Waals surface area contributed by atoms with Crippen LogP contribution in [0.3, 0.4) is 0 Å². The number of nitrogens with zero attached hydrogens (tertiary/aromatic N) is 3. The lowest BCUT2D eigenvalue weighted by molar-refractivity contribution is 0.234. The maximum Gasteiger partial charge on any atom is 0.166 e. The number of hydrogen-bond donors (Lipinski definition) is 0. The molecule has 24 heavy (non-hydrogen) atoms. The Morgan fingerprint density at radius 3 is 2.54 bits per heavy atom. The molecule has 0 saturated heterocycles. The molecule has 128 valence electrons. The second kappa shape index (κ2) is 6.16. The van der Waals surface area contributed by atoms with E-state index in [1.807, 2.05) is 4.90 Å². The number of hydrogen-bond acceptors (Lipinski definition) is 3. The van der Waals surface area contributed by atoms with Gasteiger partial charge in [-0.2, -0.15) is 0 Å². The van der Waals surface area contributed by atoms with Crippen LogP contribution in [-0.4, -0.2) is 21.4 Å². The highest BCUT2D eigenvalue weighted by molar-refractivity contribution is 5.24. The summed E-state index contributed by atoms with van der Waals surface area (Å²) in [6.45, 7) is 7.30. The van der Waals surface area contributed by atoms with Gasteiger partial charge in [-0.15, -0.1) is 0 Å². The van der Waals surface area contributed by atoms with Gasteiger partial charge in [-0.3, -0.25) is 4.90 Å². The van der Waals surface area contributed by atoms with Gasteiger partial charge in [-0.05, 0) is 12.1 Å². The van der Waals surface area contributed by atoms with E-state index in [0.717, 1.165) is 29.2 Å². The molecule has 0 spiro atoms. The average molecular weight is 335 g/mol. The van der Waals surface area contributed by atoms with E-state index in [1.165, 1.54) is 0 Å². The zero-order chi connectivity index (χ0) is 17.5. The first kappa shape index (κ1) is 16.9. The Hall–Kier alpha value is -1.95. The van der Waals surface area contributed by atoms with Gasteiger partial charge >= 0.3 is 0 Å². The van der Waals surface area contributed by atoms with Gasteiger partial charge in [-0.1, -0.05) is 20.8 Å². The molecular formula is C18H20F3N3. The van der Waals surface area contributed by atoms with Crippen molar-refractivity contribution in [3.8, 4) is 0 Å². The summed E-state index contributed by atoms with van der Waals surface area (Å²) < 4.78 is 41.0. The molecule has 1 aromatic carbocycles. The molecule has 1 aliphatic heterocycles. The second-order valence-electron chi connectivity index (χ2n) is 7.20. The minimum absolute atomic E-state index is 0.0237. The van der Waals surface area contributed by atoms with Crippen molar-refractivity contribution in [1.29, 1.82) is 0 Å². The van der Waals surface area contributed by atoms with E-state index < -0.39 is 17.5 Å². The number of rotatable bonds is 2. The van der Waals surface area contributed by atoms with E-state index in [9.17, 15) is 13.2 Å². The highest BCUT2D eigenvalue weighted by Gasteiger charge is 2.24. The van der Waals surface area contributed by atoms with Crippen LogP contribution in [0.4, 0.5) is 13.2 Å². The highest BCUT2D eigenvalue weighted by atomic mass is 19.2. The first-order valence-electron chi connectivity index (χ1n) is 7.95. The number of halogens is 3. The maximum absolute atomic E-state index is 13.8. The predicted octanol–water partition coefficient (Wildman–Crippen LogP) is 3.75. The Labute approximate surface area is 139 Å². The summed E-state index contributed by atoms with van der Waals surface area (Å²) in [6.07, 6.45) is 2.47. The molecule has 0 saturated carbocycles. The molecule has 3 nitrogen and oxygen atoms in total. The highest BCUT2D eigenvalue weighted by Crippen LogP contribution is 2.24. The molecule has 0 N–H and O–H groups in total. The Morgan fingerprint density at radius 1 is 1.12 bits per heavy atom. The Bertz CT molecular complexity index is 769. The smallest absolute Gasteiger partial charge is 0.166 e. The van der Waals surface area contributed by atoms with Gasteiger partial charge in [0.15, 0.2) is 11.6 Å². The fraction of sp³-hybridized carbons (Fsp3) is 0.444. The van der Waals surface area contributed by atoms with Crippen molar-refractivity contribution >= 4 is 0 Å². The summed E-state index contributed by atoms with van der Waals surface area (Å²) in [5, 5.41) is 0. The van der Waals surface area contributed by atoms with Gasteiger partial charge in [0, 0.05) is 54.5 Å². The van der Waals surface area contributed by atoms with Crippen LogP contribution in [0.5, 0.6) is 0 Å². The third kappa shape index (κ3) is 3.29. The van der Waals surface area contributed by atoms with Crippen LogP contribution in [0.1, 0.15) is 43.4 Å². The van der Waals surface area contributed by atoms with Crippen molar-refractivity contribution in [2.75, 3.05) is 6.54 Å². The Morgan fingerprint density at radius 2 is 1.83 bits per heavy atom. The van der Waals surface area contributed by atoms with Gasteiger partial charge < -0.3 is 0 Å². The van der Waals surface area contributed by atoms with E-state index in [-0.39, 0.29) is 17.5 Å². The van der Waals surface area contributed by atoms with Crippen molar-refractivity contribution < 1.29 is 13.2 Å². The van der Waals surface area contributed by atoms with Crippen molar-refractivity contribution in [3.05, 3.63) is 58.4 Å². The lowest BCUT2D eigenvalue weighted by atomic mass is 9.95. The molecule has 0 bridgehead atoms. The third-order valence-corrected chi connectivity index (χ3v) is 4.20. The van der Waals surface area contributed by atoms with E-state index in [1.54, 1.807) is 6.20 Å². The largest absolute Gasteiger partial charge is 0.294 e. The molecular weight excluding hydrogens is 315 g/mol. The molecule has 0 aliphatic carbocycles. The van der Waals surface area contributed by atoms with Gasteiger partial charge in [0.25, 0.3) is 0 Å². The zero-order valence-corrected chi connectivity index (χ0v) is 14.0. The van der Waals surface area contributed by atoms with Crippen LogP contribution in [0.25, 0.3) is 0 Å². The van der Waals surface area contributed by atoms with E-state index >= 15 is 0 Å². The lowest BCUT2D eigenvalue weighted by Gasteiger charge is -2.29.